The molecule has 1 aromatic carbocycles. The lowest BCUT2D eigenvalue weighted by Crippen LogP contribution is -1.99. The van der Waals surface area contributed by atoms with Gasteiger partial charge in [-0.05, 0) is 18.6 Å². The van der Waals surface area contributed by atoms with Gasteiger partial charge in [-0.15, -0.1) is 11.8 Å². The molecule has 0 aliphatic carbocycles. The Balaban J connectivity index is 2.09. The Morgan fingerprint density at radius 1 is 1.05 bits per heavy atom. The zero-order valence-corrected chi connectivity index (χ0v) is 12.9. The predicted molar refractivity (Wildman–Crippen MR) is 82.1 cm³/mol. The van der Waals surface area contributed by atoms with Crippen LogP contribution in [-0.4, -0.2) is 9.97 Å². The van der Waals surface area contributed by atoms with Gasteiger partial charge in [-0.2, -0.15) is 0 Å². The van der Waals surface area contributed by atoms with Gasteiger partial charge in [0.25, 0.3) is 0 Å². The summed E-state index contributed by atoms with van der Waals surface area (Å²) in [6.45, 7) is 2.08. The summed E-state index contributed by atoms with van der Waals surface area (Å²) in [5, 5.41) is 0.955. The largest absolute Gasteiger partial charge is 0.220 e. The standard InChI is InChI=1S/C14H14Cl2N2S/c1-2-6-11-13(15)17-12(18-14(11)16)9-19-10-7-4-3-5-8-10/h3-5,7-8H,2,6,9H2,1H3. The summed E-state index contributed by atoms with van der Waals surface area (Å²) in [5.74, 6) is 1.33. The summed E-state index contributed by atoms with van der Waals surface area (Å²) < 4.78 is 0. The maximum atomic E-state index is 6.15. The van der Waals surface area contributed by atoms with E-state index in [1.165, 1.54) is 4.90 Å². The van der Waals surface area contributed by atoms with Crippen molar-refractivity contribution in [2.45, 2.75) is 30.4 Å². The smallest absolute Gasteiger partial charge is 0.142 e. The summed E-state index contributed by atoms with van der Waals surface area (Å²) in [4.78, 5) is 9.81. The van der Waals surface area contributed by atoms with E-state index < -0.39 is 0 Å². The molecule has 0 atom stereocenters. The van der Waals surface area contributed by atoms with Crippen LogP contribution in [0.1, 0.15) is 24.7 Å². The van der Waals surface area contributed by atoms with E-state index >= 15 is 0 Å². The molecule has 0 saturated carbocycles. The molecule has 2 rings (SSSR count). The fraction of sp³-hybridized carbons (Fsp3) is 0.286. The maximum absolute atomic E-state index is 6.15. The third-order valence-electron chi connectivity index (χ3n) is 2.56. The van der Waals surface area contributed by atoms with Gasteiger partial charge in [-0.1, -0.05) is 54.7 Å². The van der Waals surface area contributed by atoms with Gasteiger partial charge in [0.15, 0.2) is 0 Å². The number of benzene rings is 1. The molecule has 0 aliphatic heterocycles. The van der Waals surface area contributed by atoms with Gasteiger partial charge in [0.1, 0.15) is 16.1 Å². The summed E-state index contributed by atoms with van der Waals surface area (Å²) in [5.41, 5.74) is 0.847. The molecule has 19 heavy (non-hydrogen) atoms. The Morgan fingerprint density at radius 2 is 1.68 bits per heavy atom. The molecule has 0 amide bonds. The molecule has 0 unspecified atom stereocenters. The van der Waals surface area contributed by atoms with Crippen molar-refractivity contribution >= 4 is 35.0 Å². The third-order valence-corrected chi connectivity index (χ3v) is 4.20. The topological polar surface area (TPSA) is 25.8 Å². The molecule has 0 N–H and O–H groups in total. The molecule has 0 fully saturated rings. The van der Waals surface area contributed by atoms with Crippen molar-refractivity contribution in [3.05, 3.63) is 52.0 Å². The highest BCUT2D eigenvalue weighted by molar-refractivity contribution is 7.98. The van der Waals surface area contributed by atoms with Crippen molar-refractivity contribution < 1.29 is 0 Å². The average molecular weight is 313 g/mol. The fourth-order valence-electron chi connectivity index (χ4n) is 1.66. The second-order valence-corrected chi connectivity index (χ2v) is 5.82. The molecule has 2 nitrogen and oxygen atoms in total. The first-order chi connectivity index (χ1) is 9.20. The summed E-state index contributed by atoms with van der Waals surface area (Å²) >= 11 is 14.0. The first kappa shape index (κ1) is 14.6. The normalized spacial score (nSPS) is 10.7. The van der Waals surface area contributed by atoms with Crippen molar-refractivity contribution in [1.82, 2.24) is 9.97 Å². The van der Waals surface area contributed by atoms with E-state index in [1.807, 2.05) is 18.2 Å². The summed E-state index contributed by atoms with van der Waals surface area (Å²) in [6.07, 6.45) is 1.78. The van der Waals surface area contributed by atoms with Gasteiger partial charge in [0, 0.05) is 10.5 Å². The minimum atomic E-state index is 0.477. The number of nitrogens with zero attached hydrogens (tertiary/aromatic N) is 2. The van der Waals surface area contributed by atoms with E-state index in [1.54, 1.807) is 11.8 Å². The minimum absolute atomic E-state index is 0.477. The molecule has 1 aromatic heterocycles. The van der Waals surface area contributed by atoms with Crippen LogP contribution in [0.15, 0.2) is 35.2 Å². The van der Waals surface area contributed by atoms with Crippen molar-refractivity contribution in [3.63, 3.8) is 0 Å². The monoisotopic (exact) mass is 312 g/mol. The van der Waals surface area contributed by atoms with Gasteiger partial charge >= 0.3 is 0 Å². The molecule has 0 aliphatic rings. The molecule has 2 aromatic rings. The van der Waals surface area contributed by atoms with Gasteiger partial charge in [0.05, 0.1) is 5.75 Å². The highest BCUT2D eigenvalue weighted by Crippen LogP contribution is 2.26. The molecular formula is C14H14Cl2N2S. The lowest BCUT2D eigenvalue weighted by Gasteiger charge is -2.07. The van der Waals surface area contributed by atoms with Crippen LogP contribution in [0.2, 0.25) is 10.3 Å². The Kier molecular flexibility index (Phi) is 5.49. The highest BCUT2D eigenvalue weighted by Gasteiger charge is 2.11. The van der Waals surface area contributed by atoms with Crippen LogP contribution in [0.3, 0.4) is 0 Å². The van der Waals surface area contributed by atoms with Crippen LogP contribution in [0.25, 0.3) is 0 Å². The molecule has 5 heteroatoms. The summed E-state index contributed by atoms with van der Waals surface area (Å²) in [7, 11) is 0. The third kappa shape index (κ3) is 4.10. The molecule has 0 radical (unpaired) electrons. The first-order valence-electron chi connectivity index (χ1n) is 6.09. The van der Waals surface area contributed by atoms with Crippen molar-refractivity contribution in [2.75, 3.05) is 0 Å². The van der Waals surface area contributed by atoms with Crippen molar-refractivity contribution in [2.24, 2.45) is 0 Å². The zero-order valence-electron chi connectivity index (χ0n) is 10.6. The molecule has 0 saturated heterocycles. The Labute approximate surface area is 127 Å². The highest BCUT2D eigenvalue weighted by atomic mass is 35.5. The second kappa shape index (κ2) is 7.13. The predicted octanol–water partition coefficient (Wildman–Crippen LogP) is 5.03. The number of aromatic nitrogens is 2. The first-order valence-corrected chi connectivity index (χ1v) is 7.83. The second-order valence-electron chi connectivity index (χ2n) is 4.05. The van der Waals surface area contributed by atoms with Crippen LogP contribution in [-0.2, 0) is 12.2 Å². The van der Waals surface area contributed by atoms with Crippen LogP contribution in [0, 0.1) is 0 Å². The van der Waals surface area contributed by atoms with Gasteiger partial charge in [-0.3, -0.25) is 0 Å². The number of rotatable bonds is 5. The Morgan fingerprint density at radius 3 is 2.26 bits per heavy atom. The molecular weight excluding hydrogens is 299 g/mol. The average Bonchev–Trinajstić information content (AvgIpc) is 2.42. The van der Waals surface area contributed by atoms with E-state index in [-0.39, 0.29) is 0 Å². The number of thioether (sulfide) groups is 1. The fourth-order valence-corrected chi connectivity index (χ4v) is 3.04. The molecule has 0 bridgehead atoms. The molecule has 1 heterocycles. The van der Waals surface area contributed by atoms with Crippen LogP contribution in [0.4, 0.5) is 0 Å². The van der Waals surface area contributed by atoms with E-state index in [0.717, 1.165) is 18.4 Å². The number of hydrogen-bond donors (Lipinski definition) is 0. The van der Waals surface area contributed by atoms with Gasteiger partial charge in [-0.25, -0.2) is 9.97 Å². The Bertz CT molecular complexity index is 523. The van der Waals surface area contributed by atoms with E-state index in [2.05, 4.69) is 29.0 Å². The van der Waals surface area contributed by atoms with Crippen LogP contribution in [0.5, 0.6) is 0 Å². The molecule has 100 valence electrons. The van der Waals surface area contributed by atoms with Crippen LogP contribution < -0.4 is 0 Å². The zero-order chi connectivity index (χ0) is 13.7. The molecule has 0 spiro atoms. The Hall–Kier alpha value is -0.770. The van der Waals surface area contributed by atoms with E-state index in [9.17, 15) is 0 Å². The summed E-state index contributed by atoms with van der Waals surface area (Å²) in [6, 6.07) is 10.1. The van der Waals surface area contributed by atoms with Crippen molar-refractivity contribution in [1.29, 1.82) is 0 Å². The van der Waals surface area contributed by atoms with Crippen molar-refractivity contribution in [3.8, 4) is 0 Å². The van der Waals surface area contributed by atoms with Gasteiger partial charge < -0.3 is 0 Å². The number of hydrogen-bond acceptors (Lipinski definition) is 3. The van der Waals surface area contributed by atoms with E-state index in [4.69, 9.17) is 23.2 Å². The lowest BCUT2D eigenvalue weighted by molar-refractivity contribution is 0.888. The SMILES string of the molecule is CCCc1c(Cl)nc(CSc2ccccc2)nc1Cl. The number of halogens is 2. The minimum Gasteiger partial charge on any atom is -0.220 e. The van der Waals surface area contributed by atoms with Crippen LogP contribution >= 0.6 is 35.0 Å². The lowest BCUT2D eigenvalue weighted by atomic mass is 10.2. The van der Waals surface area contributed by atoms with Gasteiger partial charge in [0.2, 0.25) is 0 Å². The quantitative estimate of drug-likeness (QED) is 0.572. The maximum Gasteiger partial charge on any atom is 0.142 e. The van der Waals surface area contributed by atoms with E-state index in [0.29, 0.717) is 21.9 Å².